The first-order valence-corrected chi connectivity index (χ1v) is 5.09. The molecule has 0 aliphatic rings. The van der Waals surface area contributed by atoms with Crippen LogP contribution in [0.2, 0.25) is 0 Å². The maximum atomic E-state index is 4.18. The Balaban J connectivity index is 2.86. The first kappa shape index (κ1) is 11.2. The molecule has 0 N–H and O–H groups in total. The number of nitrogens with zero attached hydrogens (tertiary/aromatic N) is 2. The molecule has 0 aliphatic heterocycles. The van der Waals surface area contributed by atoms with Crippen LogP contribution in [0.1, 0.15) is 46.7 Å². The number of aromatic nitrogens is 2. The van der Waals surface area contributed by atoms with E-state index in [1.54, 1.807) is 6.20 Å². The van der Waals surface area contributed by atoms with Gasteiger partial charge >= 0.3 is 0 Å². The van der Waals surface area contributed by atoms with Gasteiger partial charge in [-0.3, -0.25) is 0 Å². The molecule has 0 saturated heterocycles. The number of hydrogen-bond donors (Lipinski definition) is 0. The summed E-state index contributed by atoms with van der Waals surface area (Å²) in [5.41, 5.74) is 1.50. The predicted molar refractivity (Wildman–Crippen MR) is 59.1 cm³/mol. The van der Waals surface area contributed by atoms with E-state index in [0.29, 0.717) is 5.41 Å². The van der Waals surface area contributed by atoms with Crippen LogP contribution in [0.15, 0.2) is 18.3 Å². The van der Waals surface area contributed by atoms with Crippen molar-refractivity contribution in [1.82, 2.24) is 10.2 Å². The van der Waals surface area contributed by atoms with E-state index in [2.05, 4.69) is 50.9 Å². The summed E-state index contributed by atoms with van der Waals surface area (Å²) >= 11 is 0. The van der Waals surface area contributed by atoms with Crippen LogP contribution in [0.5, 0.6) is 0 Å². The molecule has 0 aliphatic carbocycles. The molecular formula is C12H20N2. The van der Waals surface area contributed by atoms with Crippen LogP contribution in [0.4, 0.5) is 0 Å². The van der Waals surface area contributed by atoms with Gasteiger partial charge in [0.15, 0.2) is 0 Å². The van der Waals surface area contributed by atoms with Gasteiger partial charge in [0.2, 0.25) is 0 Å². The van der Waals surface area contributed by atoms with Crippen LogP contribution in [-0.2, 0) is 5.41 Å². The monoisotopic (exact) mass is 192 g/mol. The highest BCUT2D eigenvalue weighted by Crippen LogP contribution is 2.34. The van der Waals surface area contributed by atoms with E-state index in [-0.39, 0.29) is 5.41 Å². The largest absolute Gasteiger partial charge is 0.159 e. The first-order chi connectivity index (χ1) is 6.31. The molecule has 2 nitrogen and oxygen atoms in total. The van der Waals surface area contributed by atoms with E-state index in [9.17, 15) is 0 Å². The molecule has 1 heterocycles. The average Bonchev–Trinajstić information content (AvgIpc) is 2.01. The molecule has 0 spiro atoms. The van der Waals surface area contributed by atoms with Crippen molar-refractivity contribution in [1.29, 1.82) is 0 Å². The van der Waals surface area contributed by atoms with Crippen molar-refractivity contribution in [2.45, 2.75) is 46.5 Å². The molecule has 0 radical (unpaired) electrons. The summed E-state index contributed by atoms with van der Waals surface area (Å²) in [7, 11) is 0. The Morgan fingerprint density at radius 1 is 1.14 bits per heavy atom. The second-order valence-corrected chi connectivity index (χ2v) is 5.73. The van der Waals surface area contributed by atoms with Crippen molar-refractivity contribution in [2.75, 3.05) is 0 Å². The van der Waals surface area contributed by atoms with E-state index in [4.69, 9.17) is 0 Å². The smallest absolute Gasteiger partial charge is 0.0687 e. The molecule has 78 valence electrons. The SMILES string of the molecule is CC(C)(C)CC(C)(C)c1cccnn1. The molecule has 1 rings (SSSR count). The second-order valence-electron chi connectivity index (χ2n) is 5.73. The zero-order chi connectivity index (χ0) is 10.8. The Bertz CT molecular complexity index is 283. The Morgan fingerprint density at radius 2 is 1.79 bits per heavy atom. The third-order valence-electron chi connectivity index (χ3n) is 2.24. The van der Waals surface area contributed by atoms with E-state index in [1.165, 1.54) is 0 Å². The molecule has 14 heavy (non-hydrogen) atoms. The van der Waals surface area contributed by atoms with E-state index < -0.39 is 0 Å². The fourth-order valence-corrected chi connectivity index (χ4v) is 2.08. The molecule has 1 aromatic rings. The minimum atomic E-state index is 0.104. The van der Waals surface area contributed by atoms with Gasteiger partial charge in [-0.1, -0.05) is 34.6 Å². The lowest BCUT2D eigenvalue weighted by atomic mass is 9.74. The van der Waals surface area contributed by atoms with Gasteiger partial charge in [-0.25, -0.2) is 0 Å². The fraction of sp³-hybridized carbons (Fsp3) is 0.667. The van der Waals surface area contributed by atoms with Crippen LogP contribution >= 0.6 is 0 Å². The lowest BCUT2D eigenvalue weighted by molar-refractivity contribution is 0.278. The van der Waals surface area contributed by atoms with Gasteiger partial charge < -0.3 is 0 Å². The van der Waals surface area contributed by atoms with Crippen LogP contribution in [0, 0.1) is 5.41 Å². The minimum absolute atomic E-state index is 0.104. The maximum absolute atomic E-state index is 4.18. The molecule has 1 aromatic heterocycles. The van der Waals surface area contributed by atoms with Gasteiger partial charge in [0, 0.05) is 11.6 Å². The standard InChI is InChI=1S/C12H20N2/c1-11(2,3)9-12(4,5)10-7-6-8-13-14-10/h6-8H,9H2,1-5H3. The Hall–Kier alpha value is -0.920. The Labute approximate surface area is 86.8 Å². The minimum Gasteiger partial charge on any atom is -0.159 e. The summed E-state index contributed by atoms with van der Waals surface area (Å²) in [6.07, 6.45) is 2.83. The number of hydrogen-bond acceptors (Lipinski definition) is 2. The van der Waals surface area contributed by atoms with Gasteiger partial charge in [-0.05, 0) is 24.0 Å². The summed E-state index contributed by atoms with van der Waals surface area (Å²) < 4.78 is 0. The van der Waals surface area contributed by atoms with Crippen molar-refractivity contribution in [3.8, 4) is 0 Å². The van der Waals surface area contributed by atoms with Crippen LogP contribution in [0.3, 0.4) is 0 Å². The second kappa shape index (κ2) is 3.68. The third kappa shape index (κ3) is 3.09. The average molecular weight is 192 g/mol. The van der Waals surface area contributed by atoms with Gasteiger partial charge in [0.25, 0.3) is 0 Å². The van der Waals surface area contributed by atoms with Crippen molar-refractivity contribution < 1.29 is 0 Å². The molecule has 0 unspecified atom stereocenters. The Kier molecular flexibility index (Phi) is 2.93. The van der Waals surface area contributed by atoms with Gasteiger partial charge in [-0.15, -0.1) is 0 Å². The molecule has 2 heteroatoms. The van der Waals surface area contributed by atoms with Crippen LogP contribution < -0.4 is 0 Å². The van der Waals surface area contributed by atoms with E-state index in [0.717, 1.165) is 12.1 Å². The summed E-state index contributed by atoms with van der Waals surface area (Å²) in [6, 6.07) is 4.01. The van der Waals surface area contributed by atoms with Crippen molar-refractivity contribution in [3.05, 3.63) is 24.0 Å². The maximum Gasteiger partial charge on any atom is 0.0687 e. The normalized spacial score (nSPS) is 12.9. The van der Waals surface area contributed by atoms with Crippen LogP contribution in [0.25, 0.3) is 0 Å². The summed E-state index contributed by atoms with van der Waals surface area (Å²) in [5.74, 6) is 0. The highest BCUT2D eigenvalue weighted by atomic mass is 15.1. The topological polar surface area (TPSA) is 25.8 Å². The molecule has 0 fully saturated rings. The summed E-state index contributed by atoms with van der Waals surface area (Å²) in [4.78, 5) is 0. The molecule has 0 amide bonds. The molecule has 0 saturated carbocycles. The molecule has 0 atom stereocenters. The van der Waals surface area contributed by atoms with E-state index >= 15 is 0 Å². The van der Waals surface area contributed by atoms with Gasteiger partial charge in [-0.2, -0.15) is 10.2 Å². The van der Waals surface area contributed by atoms with Crippen molar-refractivity contribution >= 4 is 0 Å². The van der Waals surface area contributed by atoms with E-state index in [1.807, 2.05) is 6.07 Å². The van der Waals surface area contributed by atoms with Crippen molar-refractivity contribution in [3.63, 3.8) is 0 Å². The quantitative estimate of drug-likeness (QED) is 0.719. The Morgan fingerprint density at radius 3 is 2.21 bits per heavy atom. The number of rotatable bonds is 2. The molecule has 0 aromatic carbocycles. The van der Waals surface area contributed by atoms with Crippen LogP contribution in [-0.4, -0.2) is 10.2 Å². The first-order valence-electron chi connectivity index (χ1n) is 5.09. The summed E-state index contributed by atoms with van der Waals surface area (Å²) in [6.45, 7) is 11.2. The van der Waals surface area contributed by atoms with Crippen molar-refractivity contribution in [2.24, 2.45) is 5.41 Å². The highest BCUT2D eigenvalue weighted by Gasteiger charge is 2.28. The molecular weight excluding hydrogens is 172 g/mol. The third-order valence-corrected chi connectivity index (χ3v) is 2.24. The zero-order valence-electron chi connectivity index (χ0n) is 9.83. The highest BCUT2D eigenvalue weighted by molar-refractivity contribution is 5.12. The predicted octanol–water partition coefficient (Wildman–Crippen LogP) is 3.19. The lowest BCUT2D eigenvalue weighted by Crippen LogP contribution is -2.26. The van der Waals surface area contributed by atoms with Gasteiger partial charge in [0.05, 0.1) is 5.69 Å². The zero-order valence-corrected chi connectivity index (χ0v) is 9.83. The molecule has 0 bridgehead atoms. The summed E-state index contributed by atoms with van der Waals surface area (Å²) in [5, 5.41) is 8.12. The van der Waals surface area contributed by atoms with Gasteiger partial charge in [0.1, 0.15) is 0 Å². The lowest BCUT2D eigenvalue weighted by Gasteiger charge is -2.31. The fourth-order valence-electron chi connectivity index (χ4n) is 2.08.